The molecular formula is C13H19BrO3. The molecule has 0 bridgehead atoms. The van der Waals surface area contributed by atoms with Crippen molar-refractivity contribution in [2.24, 2.45) is 5.41 Å². The molecule has 0 amide bonds. The monoisotopic (exact) mass is 302 g/mol. The van der Waals surface area contributed by atoms with Gasteiger partial charge in [-0.2, -0.15) is 0 Å². The topological polar surface area (TPSA) is 27.7 Å². The summed E-state index contributed by atoms with van der Waals surface area (Å²) < 4.78 is 16.6. The number of hydrogen-bond acceptors (Lipinski definition) is 3. The van der Waals surface area contributed by atoms with Gasteiger partial charge >= 0.3 is 0 Å². The number of halogens is 1. The Balaban J connectivity index is 1.97. The van der Waals surface area contributed by atoms with E-state index in [1.807, 2.05) is 6.42 Å². The van der Waals surface area contributed by atoms with Crippen LogP contribution in [0.3, 0.4) is 0 Å². The van der Waals surface area contributed by atoms with E-state index in [0.29, 0.717) is 13.2 Å². The molecule has 0 aromatic heterocycles. The number of methoxy groups -OCH3 is 1. The van der Waals surface area contributed by atoms with Gasteiger partial charge in [-0.15, -0.1) is 0 Å². The van der Waals surface area contributed by atoms with Crippen molar-refractivity contribution in [1.29, 1.82) is 0 Å². The lowest BCUT2D eigenvalue weighted by Gasteiger charge is -2.41. The Kier molecular flexibility index (Phi) is 5.27. The molecule has 1 heterocycles. The molecule has 1 saturated heterocycles. The first-order chi connectivity index (χ1) is 8.30. The van der Waals surface area contributed by atoms with Gasteiger partial charge in [0.15, 0.2) is 6.29 Å². The van der Waals surface area contributed by atoms with Crippen LogP contribution in [0.15, 0.2) is 0 Å². The van der Waals surface area contributed by atoms with Crippen molar-refractivity contribution in [1.82, 2.24) is 0 Å². The summed E-state index contributed by atoms with van der Waals surface area (Å²) in [5.41, 5.74) is -0.0215. The second-order valence-corrected chi connectivity index (χ2v) is 5.24. The van der Waals surface area contributed by atoms with Crippen LogP contribution in [0.5, 0.6) is 0 Å². The van der Waals surface area contributed by atoms with Crippen molar-refractivity contribution in [3.05, 3.63) is 25.4 Å². The number of ether oxygens (including phenoxy) is 3. The maximum atomic E-state index is 5.70. The fraction of sp³-hybridized carbons (Fsp3) is 0.692. The third kappa shape index (κ3) is 3.22. The van der Waals surface area contributed by atoms with E-state index in [2.05, 4.69) is 28.8 Å². The minimum absolute atomic E-state index is 0.0215. The molecule has 17 heavy (non-hydrogen) atoms. The van der Waals surface area contributed by atoms with E-state index in [-0.39, 0.29) is 11.7 Å². The van der Waals surface area contributed by atoms with Gasteiger partial charge in [-0.05, 0) is 32.1 Å². The average molecular weight is 303 g/mol. The van der Waals surface area contributed by atoms with Gasteiger partial charge in [0.05, 0.1) is 13.2 Å². The Labute approximate surface area is 112 Å². The van der Waals surface area contributed by atoms with Gasteiger partial charge in [-0.3, -0.25) is 0 Å². The molecule has 1 aliphatic heterocycles. The van der Waals surface area contributed by atoms with Gasteiger partial charge in [0.2, 0.25) is 0 Å². The van der Waals surface area contributed by atoms with Crippen molar-refractivity contribution < 1.29 is 14.2 Å². The zero-order chi connectivity index (χ0) is 12.1. The minimum Gasteiger partial charge on any atom is -0.375 e. The summed E-state index contributed by atoms with van der Waals surface area (Å²) in [6.07, 6.45) is 10.3. The highest BCUT2D eigenvalue weighted by atomic mass is 79.9. The summed E-state index contributed by atoms with van der Waals surface area (Å²) in [6.45, 7) is 1.41. The predicted octanol–water partition coefficient (Wildman–Crippen LogP) is 2.72. The summed E-state index contributed by atoms with van der Waals surface area (Å²) in [6, 6.07) is 0. The van der Waals surface area contributed by atoms with E-state index < -0.39 is 0 Å². The largest absolute Gasteiger partial charge is 0.375 e. The fourth-order valence-corrected chi connectivity index (χ4v) is 2.67. The van der Waals surface area contributed by atoms with E-state index >= 15 is 0 Å². The number of alkyl halides is 1. The third-order valence-corrected chi connectivity index (χ3v) is 3.93. The van der Waals surface area contributed by atoms with Crippen LogP contribution in [0, 0.1) is 30.8 Å². The van der Waals surface area contributed by atoms with Crippen LogP contribution in [0.1, 0.15) is 19.3 Å². The summed E-state index contributed by atoms with van der Waals surface area (Å²) >= 11 is 3.49. The second kappa shape index (κ2) is 6.50. The van der Waals surface area contributed by atoms with Gasteiger partial charge in [0, 0.05) is 24.3 Å². The maximum absolute atomic E-state index is 5.70. The van der Waals surface area contributed by atoms with E-state index in [9.17, 15) is 0 Å². The zero-order valence-electron chi connectivity index (χ0n) is 10.2. The molecule has 0 spiro atoms. The first-order valence-electron chi connectivity index (χ1n) is 6.03. The minimum atomic E-state index is -0.104. The lowest BCUT2D eigenvalue weighted by molar-refractivity contribution is -0.125. The van der Waals surface area contributed by atoms with Crippen LogP contribution in [0.25, 0.3) is 0 Å². The zero-order valence-corrected chi connectivity index (χ0v) is 11.7. The van der Waals surface area contributed by atoms with Crippen LogP contribution in [0.4, 0.5) is 0 Å². The highest BCUT2D eigenvalue weighted by molar-refractivity contribution is 9.09. The van der Waals surface area contributed by atoms with Crippen LogP contribution >= 0.6 is 15.9 Å². The molecule has 4 heteroatoms. The van der Waals surface area contributed by atoms with E-state index in [1.165, 1.54) is 0 Å². The maximum Gasteiger partial charge on any atom is 0.163 e. The van der Waals surface area contributed by atoms with E-state index in [1.54, 1.807) is 7.11 Å². The van der Waals surface area contributed by atoms with Crippen LogP contribution < -0.4 is 0 Å². The number of rotatable bonds is 5. The standard InChI is InChI=1S/C13H19BrO3/c1-15-11-3-6-13(7-4-11,5-2-8-14)12-16-9-10-17-12/h3-4,6,12H,2,5,7-10H2,1H3. The molecule has 2 fully saturated rings. The Morgan fingerprint density at radius 3 is 2.76 bits per heavy atom. The molecular weight excluding hydrogens is 284 g/mol. The number of hydrogen-bond donors (Lipinski definition) is 0. The highest BCUT2D eigenvalue weighted by Gasteiger charge is 2.45. The first-order valence-corrected chi connectivity index (χ1v) is 7.15. The molecule has 0 aromatic carbocycles. The predicted molar refractivity (Wildman–Crippen MR) is 68.9 cm³/mol. The average Bonchev–Trinajstić information content (AvgIpc) is 2.91. The molecule has 1 atom stereocenters. The summed E-state index contributed by atoms with van der Waals surface area (Å²) in [5.74, 6) is 0. The lowest BCUT2D eigenvalue weighted by Crippen LogP contribution is -2.40. The lowest BCUT2D eigenvalue weighted by atomic mass is 9.70. The second-order valence-electron chi connectivity index (χ2n) is 4.45. The first kappa shape index (κ1) is 13.8. The van der Waals surface area contributed by atoms with Gasteiger partial charge < -0.3 is 14.2 Å². The van der Waals surface area contributed by atoms with Gasteiger partial charge in [0.25, 0.3) is 0 Å². The van der Waals surface area contributed by atoms with Crippen molar-refractivity contribution in [3.8, 4) is 0 Å². The van der Waals surface area contributed by atoms with Crippen molar-refractivity contribution in [3.63, 3.8) is 0 Å². The molecule has 3 nitrogen and oxygen atoms in total. The van der Waals surface area contributed by atoms with Gasteiger partial charge in [-0.25, -0.2) is 0 Å². The third-order valence-electron chi connectivity index (χ3n) is 3.37. The molecule has 2 rings (SSSR count). The normalized spacial score (nSPS) is 26.5. The molecule has 0 aromatic rings. The smallest absolute Gasteiger partial charge is 0.163 e. The molecule has 0 N–H and O–H groups in total. The Hall–Kier alpha value is 0.360. The van der Waals surface area contributed by atoms with Gasteiger partial charge in [-0.1, -0.05) is 15.9 Å². The van der Waals surface area contributed by atoms with Crippen LogP contribution in [-0.2, 0) is 14.2 Å². The Morgan fingerprint density at radius 1 is 1.47 bits per heavy atom. The SMILES string of the molecule is CO[C]1[CH][CH]C(CCCBr)(C2OCCO2)C[CH]1. The molecule has 96 valence electrons. The van der Waals surface area contributed by atoms with Crippen molar-refractivity contribution in [2.45, 2.75) is 25.6 Å². The summed E-state index contributed by atoms with van der Waals surface area (Å²) in [7, 11) is 1.70. The van der Waals surface area contributed by atoms with Crippen molar-refractivity contribution in [2.75, 3.05) is 25.7 Å². The van der Waals surface area contributed by atoms with Crippen LogP contribution in [-0.4, -0.2) is 31.9 Å². The fourth-order valence-electron chi connectivity index (χ4n) is 2.39. The molecule has 1 unspecified atom stereocenters. The molecule has 1 aliphatic carbocycles. The summed E-state index contributed by atoms with van der Waals surface area (Å²) in [5, 5.41) is 1.01. The highest BCUT2D eigenvalue weighted by Crippen LogP contribution is 2.46. The Bertz CT molecular complexity index is 221. The van der Waals surface area contributed by atoms with Crippen LogP contribution in [0.2, 0.25) is 0 Å². The van der Waals surface area contributed by atoms with Crippen molar-refractivity contribution >= 4 is 15.9 Å². The quantitative estimate of drug-likeness (QED) is 0.731. The Morgan fingerprint density at radius 2 is 2.24 bits per heavy atom. The summed E-state index contributed by atoms with van der Waals surface area (Å²) in [4.78, 5) is 0. The molecule has 4 radical (unpaired) electrons. The van der Waals surface area contributed by atoms with E-state index in [0.717, 1.165) is 30.7 Å². The molecule has 2 aliphatic rings. The van der Waals surface area contributed by atoms with Gasteiger partial charge in [0.1, 0.15) is 6.10 Å². The molecule has 1 saturated carbocycles. The van der Waals surface area contributed by atoms with E-state index in [4.69, 9.17) is 14.2 Å².